The van der Waals surface area contributed by atoms with Crippen molar-refractivity contribution >= 4 is 24.2 Å². The molecule has 1 fully saturated rings. The first-order valence-corrected chi connectivity index (χ1v) is 10.5. The van der Waals surface area contributed by atoms with Gasteiger partial charge in [-0.2, -0.15) is 0 Å². The van der Waals surface area contributed by atoms with E-state index in [1.165, 1.54) is 0 Å². The zero-order valence-electron chi connectivity index (χ0n) is 18.0. The van der Waals surface area contributed by atoms with Crippen LogP contribution in [0.2, 0.25) is 0 Å². The number of piperazine rings is 1. The number of carbonyl (C=O) groups excluding carboxylic acids is 2. The Hall–Kier alpha value is -2.97. The number of amides is 2. The van der Waals surface area contributed by atoms with Gasteiger partial charge in [0, 0.05) is 44.8 Å². The zero-order valence-corrected chi connectivity index (χ0v) is 18.9. The highest BCUT2D eigenvalue weighted by Gasteiger charge is 2.21. The highest BCUT2D eigenvalue weighted by atomic mass is 35.5. The van der Waals surface area contributed by atoms with E-state index in [1.54, 1.807) is 18.2 Å². The molecule has 2 aliphatic heterocycles. The molecule has 9 heteroatoms. The molecule has 0 saturated carbocycles. The minimum absolute atomic E-state index is 0. The average molecular weight is 462 g/mol. The normalized spacial score (nSPS) is 15.1. The van der Waals surface area contributed by atoms with E-state index in [2.05, 4.69) is 10.2 Å². The second kappa shape index (κ2) is 11.1. The van der Waals surface area contributed by atoms with Crippen LogP contribution in [0.1, 0.15) is 15.9 Å². The van der Waals surface area contributed by atoms with Gasteiger partial charge in [-0.1, -0.05) is 17.7 Å². The SMILES string of the molecule is Cc1ccc(OCC(=O)N2CCN(CCNC(=O)c3ccc4c(c3)OCO4)CC2)cc1.Cl. The Bertz CT molecular complexity index is 930. The Balaban J connectivity index is 0.00000289. The summed E-state index contributed by atoms with van der Waals surface area (Å²) in [6.45, 7) is 6.39. The molecule has 8 nitrogen and oxygen atoms in total. The van der Waals surface area contributed by atoms with Crippen molar-refractivity contribution < 1.29 is 23.8 Å². The summed E-state index contributed by atoms with van der Waals surface area (Å²) in [5.41, 5.74) is 1.70. The number of ether oxygens (including phenoxy) is 3. The van der Waals surface area contributed by atoms with Crippen LogP contribution in [-0.2, 0) is 4.79 Å². The van der Waals surface area contributed by atoms with Crippen molar-refractivity contribution in [2.24, 2.45) is 0 Å². The summed E-state index contributed by atoms with van der Waals surface area (Å²) < 4.78 is 16.2. The topological polar surface area (TPSA) is 80.3 Å². The molecule has 0 aromatic heterocycles. The van der Waals surface area contributed by atoms with Crippen molar-refractivity contribution in [2.75, 3.05) is 52.7 Å². The Morgan fingerprint density at radius 3 is 2.47 bits per heavy atom. The van der Waals surface area contributed by atoms with Crippen molar-refractivity contribution in [1.82, 2.24) is 15.1 Å². The van der Waals surface area contributed by atoms with Gasteiger partial charge in [0.15, 0.2) is 18.1 Å². The lowest BCUT2D eigenvalue weighted by Gasteiger charge is -2.34. The largest absolute Gasteiger partial charge is 0.484 e. The maximum atomic E-state index is 12.4. The van der Waals surface area contributed by atoms with Gasteiger partial charge in [-0.05, 0) is 37.3 Å². The first kappa shape index (κ1) is 23.7. The molecule has 0 spiro atoms. The van der Waals surface area contributed by atoms with E-state index in [-0.39, 0.29) is 37.6 Å². The molecule has 2 aromatic rings. The summed E-state index contributed by atoms with van der Waals surface area (Å²) in [6.07, 6.45) is 0. The average Bonchev–Trinajstić information content (AvgIpc) is 3.27. The molecule has 0 bridgehead atoms. The molecule has 2 aromatic carbocycles. The first-order valence-electron chi connectivity index (χ1n) is 10.5. The Labute approximate surface area is 193 Å². The number of nitrogens with zero attached hydrogens (tertiary/aromatic N) is 2. The molecule has 0 aliphatic carbocycles. The van der Waals surface area contributed by atoms with E-state index in [0.717, 1.165) is 25.2 Å². The van der Waals surface area contributed by atoms with Gasteiger partial charge in [0.1, 0.15) is 5.75 Å². The summed E-state index contributed by atoms with van der Waals surface area (Å²) in [4.78, 5) is 28.8. The fourth-order valence-electron chi connectivity index (χ4n) is 3.56. The van der Waals surface area contributed by atoms with Gasteiger partial charge >= 0.3 is 0 Å². The minimum atomic E-state index is -0.139. The smallest absolute Gasteiger partial charge is 0.260 e. The lowest BCUT2D eigenvalue weighted by Crippen LogP contribution is -2.51. The summed E-state index contributed by atoms with van der Waals surface area (Å²) in [5.74, 6) is 1.82. The van der Waals surface area contributed by atoms with Crippen molar-refractivity contribution in [3.8, 4) is 17.2 Å². The van der Waals surface area contributed by atoms with Crippen molar-refractivity contribution in [1.29, 1.82) is 0 Å². The van der Waals surface area contributed by atoms with Crippen molar-refractivity contribution in [3.05, 3.63) is 53.6 Å². The van der Waals surface area contributed by atoms with E-state index in [1.807, 2.05) is 36.1 Å². The third kappa shape index (κ3) is 6.05. The van der Waals surface area contributed by atoms with Crippen molar-refractivity contribution in [2.45, 2.75) is 6.92 Å². The third-order valence-electron chi connectivity index (χ3n) is 5.46. The Kier molecular flexibility index (Phi) is 8.19. The van der Waals surface area contributed by atoms with Crippen LogP contribution in [0.5, 0.6) is 17.2 Å². The molecule has 2 heterocycles. The highest BCUT2D eigenvalue weighted by Crippen LogP contribution is 2.32. The molecule has 172 valence electrons. The van der Waals surface area contributed by atoms with Gasteiger partial charge in [0.05, 0.1) is 0 Å². The first-order chi connectivity index (χ1) is 15.1. The van der Waals surface area contributed by atoms with Gasteiger partial charge in [0.25, 0.3) is 11.8 Å². The maximum absolute atomic E-state index is 12.4. The second-order valence-electron chi connectivity index (χ2n) is 7.65. The van der Waals surface area contributed by atoms with E-state index < -0.39 is 0 Å². The van der Waals surface area contributed by atoms with Crippen LogP contribution in [0, 0.1) is 6.92 Å². The third-order valence-corrected chi connectivity index (χ3v) is 5.46. The number of fused-ring (bicyclic) bond motifs is 1. The summed E-state index contributed by atoms with van der Waals surface area (Å²) >= 11 is 0. The summed E-state index contributed by atoms with van der Waals surface area (Å²) in [7, 11) is 0. The van der Waals surface area contributed by atoms with Crippen LogP contribution in [-0.4, -0.2) is 74.3 Å². The number of hydrogen-bond donors (Lipinski definition) is 1. The van der Waals surface area contributed by atoms with E-state index in [4.69, 9.17) is 14.2 Å². The lowest BCUT2D eigenvalue weighted by atomic mass is 10.2. The standard InChI is InChI=1S/C23H27N3O5.ClH/c1-17-2-5-19(6-3-17)29-15-22(27)26-12-10-25(11-13-26)9-8-24-23(28)18-4-7-20-21(14-18)31-16-30-20;/h2-7,14H,8-13,15-16H2,1H3,(H,24,28);1H. The molecule has 0 unspecified atom stereocenters. The number of hydrogen-bond acceptors (Lipinski definition) is 6. The van der Waals surface area contributed by atoms with Crippen LogP contribution in [0.3, 0.4) is 0 Å². The van der Waals surface area contributed by atoms with Gasteiger partial charge in [-0.3, -0.25) is 14.5 Å². The van der Waals surface area contributed by atoms with E-state index >= 15 is 0 Å². The van der Waals surface area contributed by atoms with E-state index in [0.29, 0.717) is 42.4 Å². The number of aryl methyl sites for hydroxylation is 1. The number of nitrogens with one attached hydrogen (secondary N) is 1. The number of rotatable bonds is 7. The second-order valence-corrected chi connectivity index (χ2v) is 7.65. The van der Waals surface area contributed by atoms with Gasteiger partial charge in [-0.15, -0.1) is 12.4 Å². The molecule has 0 atom stereocenters. The molecule has 1 N–H and O–H groups in total. The maximum Gasteiger partial charge on any atom is 0.260 e. The molecular formula is C23H28ClN3O5. The number of carbonyl (C=O) groups is 2. The molecule has 2 aliphatic rings. The van der Waals surface area contributed by atoms with Crippen molar-refractivity contribution in [3.63, 3.8) is 0 Å². The zero-order chi connectivity index (χ0) is 21.6. The van der Waals surface area contributed by atoms with Gasteiger partial charge in [0.2, 0.25) is 6.79 Å². The van der Waals surface area contributed by atoms with Crippen LogP contribution < -0.4 is 19.5 Å². The monoisotopic (exact) mass is 461 g/mol. The molecular weight excluding hydrogens is 434 g/mol. The summed E-state index contributed by atoms with van der Waals surface area (Å²) in [6, 6.07) is 12.8. The van der Waals surface area contributed by atoms with Crippen LogP contribution in [0.15, 0.2) is 42.5 Å². The minimum Gasteiger partial charge on any atom is -0.484 e. The Morgan fingerprint density at radius 1 is 1.00 bits per heavy atom. The number of benzene rings is 2. The van der Waals surface area contributed by atoms with Crippen LogP contribution in [0.25, 0.3) is 0 Å². The molecule has 2 amide bonds. The lowest BCUT2D eigenvalue weighted by molar-refractivity contribution is -0.135. The predicted octanol–water partition coefficient (Wildman–Crippen LogP) is 2.10. The number of halogens is 1. The molecule has 1 saturated heterocycles. The summed E-state index contributed by atoms with van der Waals surface area (Å²) in [5, 5.41) is 2.94. The van der Waals surface area contributed by atoms with Gasteiger partial charge in [-0.25, -0.2) is 0 Å². The van der Waals surface area contributed by atoms with Crippen LogP contribution >= 0.6 is 12.4 Å². The fraction of sp³-hybridized carbons (Fsp3) is 0.391. The fourth-order valence-corrected chi connectivity index (χ4v) is 3.56. The highest BCUT2D eigenvalue weighted by molar-refractivity contribution is 5.94. The Morgan fingerprint density at radius 2 is 1.72 bits per heavy atom. The quantitative estimate of drug-likeness (QED) is 0.680. The molecule has 0 radical (unpaired) electrons. The van der Waals surface area contributed by atoms with E-state index in [9.17, 15) is 9.59 Å². The predicted molar refractivity (Wildman–Crippen MR) is 122 cm³/mol. The molecule has 4 rings (SSSR count). The molecule has 32 heavy (non-hydrogen) atoms. The van der Waals surface area contributed by atoms with Gasteiger partial charge < -0.3 is 24.4 Å². The van der Waals surface area contributed by atoms with Crippen LogP contribution in [0.4, 0.5) is 0 Å².